The van der Waals surface area contributed by atoms with Gasteiger partial charge in [-0.2, -0.15) is 0 Å². The minimum absolute atomic E-state index is 0.267. The number of hydrogen-bond acceptors (Lipinski definition) is 5. The van der Waals surface area contributed by atoms with E-state index in [0.29, 0.717) is 0 Å². The predicted octanol–water partition coefficient (Wildman–Crippen LogP) is 18.2. The zero-order valence-electron chi connectivity index (χ0n) is 37.3. The summed E-state index contributed by atoms with van der Waals surface area (Å²) in [7, 11) is 0. The lowest BCUT2D eigenvalue weighted by Crippen LogP contribution is -2.13. The number of rotatable bonds is 9. The van der Waals surface area contributed by atoms with Gasteiger partial charge in [0, 0.05) is 61.0 Å². The van der Waals surface area contributed by atoms with Crippen LogP contribution in [-0.4, -0.2) is 5.11 Å². The van der Waals surface area contributed by atoms with Gasteiger partial charge in [-0.15, -0.1) is 0 Å². The van der Waals surface area contributed by atoms with Gasteiger partial charge in [0.05, 0.1) is 11.4 Å². The van der Waals surface area contributed by atoms with E-state index in [4.69, 9.17) is 9.15 Å². The average Bonchev–Trinajstić information content (AvgIpc) is 3.80. The highest BCUT2D eigenvalue weighted by Crippen LogP contribution is 2.55. The minimum Gasteiger partial charge on any atom is -0.507 e. The molecule has 5 nitrogen and oxygen atoms in total. The van der Waals surface area contributed by atoms with E-state index in [0.717, 1.165) is 123 Å². The lowest BCUT2D eigenvalue weighted by molar-refractivity contribution is 0.477. The SMILES string of the molecule is Oc1ccccc1-c1cccc(-c2ccc(N(c3ccccc3)c3ccc4c5c(cccc35)-c3c(cccc3N(c3ccccc3)c3ccc(-c5cccc6c5oc5ccccc56)cc3)O4)cc2)c1. The lowest BCUT2D eigenvalue weighted by atomic mass is 9.91. The second-order valence-electron chi connectivity index (χ2n) is 17.4. The molecule has 0 bridgehead atoms. The third-order valence-corrected chi connectivity index (χ3v) is 13.4. The van der Waals surface area contributed by atoms with E-state index in [9.17, 15) is 5.11 Å². The molecular weight excluding hydrogens is 845 g/mol. The van der Waals surface area contributed by atoms with Crippen molar-refractivity contribution in [1.29, 1.82) is 0 Å². The van der Waals surface area contributed by atoms with Crippen LogP contribution in [0.2, 0.25) is 0 Å². The molecule has 0 amide bonds. The van der Waals surface area contributed by atoms with Crippen LogP contribution < -0.4 is 14.5 Å². The first-order valence-electron chi connectivity index (χ1n) is 23.2. The predicted molar refractivity (Wildman–Crippen MR) is 284 cm³/mol. The molecule has 1 aliphatic rings. The monoisotopic (exact) mass is 886 g/mol. The van der Waals surface area contributed by atoms with Crippen LogP contribution in [0.1, 0.15) is 0 Å². The molecule has 0 saturated carbocycles. The van der Waals surface area contributed by atoms with Gasteiger partial charge < -0.3 is 24.1 Å². The van der Waals surface area contributed by atoms with Crippen molar-refractivity contribution in [3.63, 3.8) is 0 Å². The molecule has 1 aliphatic heterocycles. The molecule has 11 aromatic carbocycles. The summed E-state index contributed by atoms with van der Waals surface area (Å²) in [5, 5.41) is 15.0. The molecule has 0 saturated heterocycles. The number of ether oxygens (including phenoxy) is 1. The van der Waals surface area contributed by atoms with Gasteiger partial charge in [-0.05, 0) is 119 Å². The normalized spacial score (nSPS) is 11.7. The molecule has 0 spiro atoms. The summed E-state index contributed by atoms with van der Waals surface area (Å²) in [5.41, 5.74) is 16.1. The minimum atomic E-state index is 0.267. The first kappa shape index (κ1) is 40.0. The Labute approximate surface area is 399 Å². The number of para-hydroxylation sites is 5. The number of hydrogen-bond donors (Lipinski definition) is 1. The fourth-order valence-corrected chi connectivity index (χ4v) is 10.2. The molecule has 1 N–H and O–H groups in total. The molecule has 0 radical (unpaired) electrons. The Bertz CT molecular complexity index is 3880. The highest BCUT2D eigenvalue weighted by Gasteiger charge is 2.29. The van der Waals surface area contributed by atoms with Gasteiger partial charge in [-0.1, -0.05) is 158 Å². The maximum Gasteiger partial charge on any atom is 0.143 e. The van der Waals surface area contributed by atoms with E-state index in [1.54, 1.807) is 6.07 Å². The van der Waals surface area contributed by atoms with E-state index >= 15 is 0 Å². The van der Waals surface area contributed by atoms with Gasteiger partial charge in [0.15, 0.2) is 0 Å². The quantitative estimate of drug-likeness (QED) is 0.156. The van der Waals surface area contributed by atoms with Crippen molar-refractivity contribution in [3.8, 4) is 61.8 Å². The molecule has 326 valence electrons. The molecule has 69 heavy (non-hydrogen) atoms. The van der Waals surface area contributed by atoms with Gasteiger partial charge in [0.25, 0.3) is 0 Å². The molecule has 0 fully saturated rings. The van der Waals surface area contributed by atoms with Crippen LogP contribution >= 0.6 is 0 Å². The second-order valence-corrected chi connectivity index (χ2v) is 17.4. The van der Waals surface area contributed by atoms with Crippen molar-refractivity contribution in [2.24, 2.45) is 0 Å². The summed E-state index contributed by atoms with van der Waals surface area (Å²) >= 11 is 0. The van der Waals surface area contributed by atoms with Crippen molar-refractivity contribution in [3.05, 3.63) is 249 Å². The third-order valence-electron chi connectivity index (χ3n) is 13.4. The van der Waals surface area contributed by atoms with E-state index in [1.165, 1.54) is 0 Å². The lowest BCUT2D eigenvalue weighted by Gasteiger charge is -2.32. The second kappa shape index (κ2) is 16.5. The molecular formula is C64H42N2O3. The Morgan fingerprint density at radius 2 is 0.899 bits per heavy atom. The third kappa shape index (κ3) is 6.87. The number of fused-ring (bicyclic) bond motifs is 5. The van der Waals surface area contributed by atoms with E-state index in [-0.39, 0.29) is 5.75 Å². The van der Waals surface area contributed by atoms with Crippen LogP contribution in [0.3, 0.4) is 0 Å². The molecule has 0 atom stereocenters. The number of aromatic hydroxyl groups is 1. The summed E-state index contributed by atoms with van der Waals surface area (Å²) in [6.45, 7) is 0. The van der Waals surface area contributed by atoms with E-state index < -0.39 is 0 Å². The first-order chi connectivity index (χ1) is 34.1. The van der Waals surface area contributed by atoms with Gasteiger partial charge in [-0.3, -0.25) is 0 Å². The number of anilines is 6. The van der Waals surface area contributed by atoms with Crippen molar-refractivity contribution in [1.82, 2.24) is 0 Å². The van der Waals surface area contributed by atoms with Crippen molar-refractivity contribution < 1.29 is 14.3 Å². The largest absolute Gasteiger partial charge is 0.507 e. The highest BCUT2D eigenvalue weighted by molar-refractivity contribution is 6.13. The zero-order chi connectivity index (χ0) is 45.8. The average molecular weight is 887 g/mol. The van der Waals surface area contributed by atoms with Gasteiger partial charge in [0.1, 0.15) is 28.4 Å². The molecule has 2 heterocycles. The van der Waals surface area contributed by atoms with Crippen LogP contribution in [-0.2, 0) is 0 Å². The molecule has 13 rings (SSSR count). The molecule has 0 unspecified atom stereocenters. The van der Waals surface area contributed by atoms with E-state index in [2.05, 4.69) is 210 Å². The number of furan rings is 1. The first-order valence-corrected chi connectivity index (χ1v) is 23.2. The maximum atomic E-state index is 10.6. The smallest absolute Gasteiger partial charge is 0.143 e. The van der Waals surface area contributed by atoms with Crippen LogP contribution in [0.15, 0.2) is 253 Å². The summed E-state index contributed by atoms with van der Waals surface area (Å²) < 4.78 is 13.4. The fourth-order valence-electron chi connectivity index (χ4n) is 10.2. The Morgan fingerprint density at radius 1 is 0.333 bits per heavy atom. The topological polar surface area (TPSA) is 49.1 Å². The number of nitrogens with zero attached hydrogens (tertiary/aromatic N) is 2. The Hall–Kier alpha value is -9.32. The van der Waals surface area contributed by atoms with Crippen LogP contribution in [0.4, 0.5) is 34.1 Å². The van der Waals surface area contributed by atoms with Gasteiger partial charge in [-0.25, -0.2) is 0 Å². The highest BCUT2D eigenvalue weighted by atomic mass is 16.5. The van der Waals surface area contributed by atoms with E-state index in [1.807, 2.05) is 42.5 Å². The van der Waals surface area contributed by atoms with Crippen LogP contribution in [0.5, 0.6) is 17.2 Å². The zero-order valence-corrected chi connectivity index (χ0v) is 37.3. The van der Waals surface area contributed by atoms with Crippen LogP contribution in [0, 0.1) is 0 Å². The van der Waals surface area contributed by atoms with Crippen molar-refractivity contribution in [2.75, 3.05) is 9.80 Å². The molecule has 1 aromatic heterocycles. The molecule has 12 aromatic rings. The van der Waals surface area contributed by atoms with Crippen molar-refractivity contribution >= 4 is 66.8 Å². The molecule has 5 heteroatoms. The Morgan fingerprint density at radius 3 is 1.65 bits per heavy atom. The van der Waals surface area contributed by atoms with Crippen molar-refractivity contribution in [2.45, 2.75) is 0 Å². The van der Waals surface area contributed by atoms with Gasteiger partial charge in [0.2, 0.25) is 0 Å². The Balaban J connectivity index is 0.916. The van der Waals surface area contributed by atoms with Gasteiger partial charge >= 0.3 is 0 Å². The number of benzene rings is 11. The number of phenolic OH excluding ortho intramolecular Hbond substituents is 1. The summed E-state index contributed by atoms with van der Waals surface area (Å²) in [5.74, 6) is 1.89. The van der Waals surface area contributed by atoms with Crippen LogP contribution in [0.25, 0.3) is 77.2 Å². The Kier molecular flexibility index (Phi) is 9.58. The maximum absolute atomic E-state index is 10.6. The number of phenols is 1. The standard InChI is InChI=1S/C64H42N2O3/c67-58-28-9-7-21-50(58)45-16-11-15-44(41-45)42-31-35-48(36-32-42)65(46-17-3-1-4-18-46)56-39-40-61-62-54(56)25-13-26-55(62)63-57(27-14-30-60(63)68-61)66(47-19-5-2-6-20-47)49-37-33-43(34-38-49)51-23-12-24-53-52-22-8-10-29-59(52)69-64(51)53/h1-41,67H. The fraction of sp³-hybridized carbons (Fsp3) is 0. The summed E-state index contributed by atoms with van der Waals surface area (Å²) in [6.07, 6.45) is 0. The molecule has 0 aliphatic carbocycles. The summed E-state index contributed by atoms with van der Waals surface area (Å²) in [6, 6.07) is 86.3. The summed E-state index contributed by atoms with van der Waals surface area (Å²) in [4.78, 5) is 4.66.